The number of nitrogens with zero attached hydrogens (tertiary/aromatic N) is 3. The summed E-state index contributed by atoms with van der Waals surface area (Å²) in [7, 11) is 2.84. The Labute approximate surface area is 190 Å². The highest BCUT2D eigenvalue weighted by molar-refractivity contribution is 7.15. The number of phenols is 1. The first-order valence-corrected chi connectivity index (χ1v) is 10.7. The number of aromatic hydroxyl groups is 1. The van der Waals surface area contributed by atoms with Gasteiger partial charge in [0.05, 0.1) is 17.3 Å². The molecule has 0 fully saturated rings. The van der Waals surface area contributed by atoms with E-state index in [0.717, 1.165) is 17.4 Å². The molecule has 2 aromatic carbocycles. The Balaban J connectivity index is 1.65. The van der Waals surface area contributed by atoms with Gasteiger partial charge in [0.25, 0.3) is 11.5 Å². The molecule has 0 saturated heterocycles. The molecule has 0 bridgehead atoms. The van der Waals surface area contributed by atoms with Crippen LogP contribution in [0.2, 0.25) is 0 Å². The van der Waals surface area contributed by atoms with Gasteiger partial charge < -0.3 is 14.7 Å². The number of amides is 1. The Morgan fingerprint density at radius 1 is 1.30 bits per heavy atom. The average Bonchev–Trinajstić information content (AvgIpc) is 3.35. The molecule has 2 heterocycles. The van der Waals surface area contributed by atoms with Gasteiger partial charge in [-0.3, -0.25) is 14.0 Å². The summed E-state index contributed by atoms with van der Waals surface area (Å²) in [6, 6.07) is 9.23. The van der Waals surface area contributed by atoms with Crippen LogP contribution in [0.4, 0.5) is 8.78 Å². The Morgan fingerprint density at radius 3 is 2.67 bits per heavy atom. The lowest BCUT2D eigenvalue weighted by Gasteiger charge is -2.15. The van der Waals surface area contributed by atoms with Gasteiger partial charge in [-0.15, -0.1) is 0 Å². The van der Waals surface area contributed by atoms with Gasteiger partial charge >= 0.3 is 0 Å². The van der Waals surface area contributed by atoms with Gasteiger partial charge in [-0.25, -0.2) is 13.8 Å². The maximum atomic E-state index is 13.9. The molecule has 0 radical (unpaired) electrons. The van der Waals surface area contributed by atoms with Gasteiger partial charge in [0.2, 0.25) is 0 Å². The lowest BCUT2D eigenvalue weighted by molar-refractivity contribution is 0.0786. The molecule has 170 valence electrons. The normalized spacial score (nSPS) is 11.8. The lowest BCUT2D eigenvalue weighted by atomic mass is 10.1. The number of carbonyl (C=O) groups is 1. The van der Waals surface area contributed by atoms with Crippen LogP contribution < -0.4 is 14.8 Å². The Bertz CT molecular complexity index is 1450. The minimum absolute atomic E-state index is 0.0209. The van der Waals surface area contributed by atoms with E-state index < -0.39 is 18.2 Å². The van der Waals surface area contributed by atoms with Crippen molar-refractivity contribution in [1.29, 1.82) is 0 Å². The van der Waals surface area contributed by atoms with Gasteiger partial charge in [-0.1, -0.05) is 23.5 Å². The van der Waals surface area contributed by atoms with Crippen molar-refractivity contribution in [2.75, 3.05) is 27.4 Å². The standard InChI is InChI=1S/C23H19F2N3O4S/c1-27(8-7-24)21(30)15-5-3-14(4-6-15)17-12-28-22(31)19(33-23(28)26-17)11-13-9-16(25)20(29)18(10-13)32-2/h3-6,9-12,29H,7-8H2,1-2H3. The highest BCUT2D eigenvalue weighted by Gasteiger charge is 2.14. The van der Waals surface area contributed by atoms with E-state index >= 15 is 0 Å². The number of aromatic nitrogens is 2. The summed E-state index contributed by atoms with van der Waals surface area (Å²) < 4.78 is 33.0. The predicted octanol–water partition coefficient (Wildman–Crippen LogP) is 2.87. The first kappa shape index (κ1) is 22.4. The number of methoxy groups -OCH3 is 1. The zero-order valence-corrected chi connectivity index (χ0v) is 18.5. The molecule has 10 heteroatoms. The van der Waals surface area contributed by atoms with E-state index in [1.807, 2.05) is 0 Å². The number of hydrogen-bond acceptors (Lipinski definition) is 6. The number of thiazole rings is 1. The number of alkyl halides is 1. The maximum absolute atomic E-state index is 13.9. The number of imidazole rings is 1. The molecule has 0 atom stereocenters. The summed E-state index contributed by atoms with van der Waals surface area (Å²) in [4.78, 5) is 31.3. The molecule has 0 saturated carbocycles. The van der Waals surface area contributed by atoms with Crippen LogP contribution in [0.25, 0.3) is 22.3 Å². The molecule has 0 spiro atoms. The molecule has 4 aromatic rings. The number of rotatable bonds is 6. The summed E-state index contributed by atoms with van der Waals surface area (Å²) in [5, 5.41) is 9.64. The first-order chi connectivity index (χ1) is 15.8. The van der Waals surface area contributed by atoms with Gasteiger partial charge in [0, 0.05) is 30.9 Å². The summed E-state index contributed by atoms with van der Waals surface area (Å²) >= 11 is 1.14. The number of carbonyl (C=O) groups excluding carboxylic acids is 1. The summed E-state index contributed by atoms with van der Waals surface area (Å²) in [6.45, 7) is -0.592. The minimum Gasteiger partial charge on any atom is -0.502 e. The van der Waals surface area contributed by atoms with Crippen LogP contribution in [0.1, 0.15) is 15.9 Å². The molecule has 2 aromatic heterocycles. The number of phenolic OH excluding ortho intramolecular Hbond substituents is 1. The van der Waals surface area contributed by atoms with Crippen LogP contribution in [0, 0.1) is 5.82 Å². The third kappa shape index (κ3) is 4.29. The van der Waals surface area contributed by atoms with Crippen LogP contribution in [0.5, 0.6) is 11.5 Å². The molecule has 1 N–H and O–H groups in total. The van der Waals surface area contributed by atoms with E-state index in [1.165, 1.54) is 35.6 Å². The number of ether oxygens (including phenoxy) is 1. The fourth-order valence-electron chi connectivity index (χ4n) is 3.29. The van der Waals surface area contributed by atoms with Crippen LogP contribution in [0.3, 0.4) is 0 Å². The highest BCUT2D eigenvalue weighted by atomic mass is 32.1. The van der Waals surface area contributed by atoms with Crippen molar-refractivity contribution in [3.63, 3.8) is 0 Å². The number of hydrogen-bond donors (Lipinski definition) is 1. The minimum atomic E-state index is -0.852. The third-order valence-corrected chi connectivity index (χ3v) is 6.05. The van der Waals surface area contributed by atoms with E-state index in [-0.39, 0.29) is 23.8 Å². The van der Waals surface area contributed by atoms with Crippen LogP contribution in [0.15, 0.2) is 47.4 Å². The molecular formula is C23H19F2N3O4S. The van der Waals surface area contributed by atoms with E-state index in [4.69, 9.17) is 4.74 Å². The quantitative estimate of drug-likeness (QED) is 0.468. The average molecular weight is 471 g/mol. The Hall–Kier alpha value is -3.79. The predicted molar refractivity (Wildman–Crippen MR) is 121 cm³/mol. The second kappa shape index (κ2) is 8.99. The SMILES string of the molecule is COc1cc(C=c2sc3nc(-c4ccc(C(=O)N(C)CCF)cc4)cn3c2=O)cc(F)c1O. The number of halogens is 2. The number of benzene rings is 2. The molecule has 1 amide bonds. The fraction of sp³-hybridized carbons (Fsp3) is 0.174. The second-order valence-electron chi connectivity index (χ2n) is 7.24. The van der Waals surface area contributed by atoms with E-state index in [0.29, 0.717) is 31.9 Å². The molecule has 7 nitrogen and oxygen atoms in total. The first-order valence-electron chi connectivity index (χ1n) is 9.84. The fourth-order valence-corrected chi connectivity index (χ4v) is 4.24. The molecule has 0 aliphatic carbocycles. The van der Waals surface area contributed by atoms with E-state index in [1.54, 1.807) is 30.5 Å². The topological polar surface area (TPSA) is 84.1 Å². The monoisotopic (exact) mass is 471 g/mol. The van der Waals surface area contributed by atoms with Crippen molar-refractivity contribution in [3.8, 4) is 22.8 Å². The van der Waals surface area contributed by atoms with Gasteiger partial charge in [0.1, 0.15) is 6.67 Å². The zero-order chi connectivity index (χ0) is 23.7. The van der Waals surface area contributed by atoms with Crippen LogP contribution in [-0.4, -0.2) is 52.7 Å². The molecule has 0 aliphatic heterocycles. The van der Waals surface area contributed by atoms with Crippen LogP contribution in [-0.2, 0) is 0 Å². The number of fused-ring (bicyclic) bond motifs is 1. The van der Waals surface area contributed by atoms with Gasteiger partial charge in [0.15, 0.2) is 22.3 Å². The Kier molecular flexibility index (Phi) is 6.10. The second-order valence-corrected chi connectivity index (χ2v) is 8.25. The Morgan fingerprint density at radius 2 is 2.03 bits per heavy atom. The molecule has 33 heavy (non-hydrogen) atoms. The van der Waals surface area contributed by atoms with Crippen molar-refractivity contribution in [2.45, 2.75) is 0 Å². The van der Waals surface area contributed by atoms with Crippen molar-refractivity contribution >= 4 is 28.3 Å². The van der Waals surface area contributed by atoms with Gasteiger partial charge in [-0.2, -0.15) is 0 Å². The van der Waals surface area contributed by atoms with Crippen LogP contribution >= 0.6 is 11.3 Å². The zero-order valence-electron chi connectivity index (χ0n) is 17.7. The smallest absolute Gasteiger partial charge is 0.274 e. The maximum Gasteiger partial charge on any atom is 0.274 e. The van der Waals surface area contributed by atoms with Crippen molar-refractivity contribution in [1.82, 2.24) is 14.3 Å². The van der Waals surface area contributed by atoms with Crippen molar-refractivity contribution in [2.24, 2.45) is 0 Å². The lowest BCUT2D eigenvalue weighted by Crippen LogP contribution is -2.28. The van der Waals surface area contributed by atoms with Gasteiger partial charge in [-0.05, 0) is 35.9 Å². The summed E-state index contributed by atoms with van der Waals surface area (Å²) in [5.74, 6) is -1.76. The highest BCUT2D eigenvalue weighted by Crippen LogP contribution is 2.30. The molecular weight excluding hydrogens is 452 g/mol. The molecule has 4 rings (SSSR count). The molecule has 0 unspecified atom stereocenters. The largest absolute Gasteiger partial charge is 0.502 e. The van der Waals surface area contributed by atoms with E-state index in [2.05, 4.69) is 4.98 Å². The summed E-state index contributed by atoms with van der Waals surface area (Å²) in [5.41, 5.74) is 1.74. The summed E-state index contributed by atoms with van der Waals surface area (Å²) in [6.07, 6.45) is 3.09. The third-order valence-electron chi connectivity index (χ3n) is 5.07. The van der Waals surface area contributed by atoms with Crippen molar-refractivity contribution < 1.29 is 23.4 Å². The molecule has 0 aliphatic rings. The van der Waals surface area contributed by atoms with Crippen molar-refractivity contribution in [3.05, 3.63) is 74.4 Å². The van der Waals surface area contributed by atoms with E-state index in [9.17, 15) is 23.5 Å².